The molecule has 0 aliphatic heterocycles. The molecule has 228 valence electrons. The van der Waals surface area contributed by atoms with E-state index < -0.39 is 35.6 Å². The number of ether oxygens (including phenoxy) is 1. The number of nitrogens with zero attached hydrogens (tertiary/aromatic N) is 1. The number of hydrogen-bond donors (Lipinski definition) is 4. The number of para-hydroxylation sites is 1. The van der Waals surface area contributed by atoms with Crippen LogP contribution >= 0.6 is 0 Å². The molecule has 4 rings (SSSR count). The van der Waals surface area contributed by atoms with Gasteiger partial charge in [-0.1, -0.05) is 36.4 Å². The van der Waals surface area contributed by atoms with Crippen molar-refractivity contribution in [3.05, 3.63) is 88.5 Å². The number of amides is 3. The molecule has 0 spiro atoms. The first-order valence-corrected chi connectivity index (χ1v) is 14.5. The lowest BCUT2D eigenvalue weighted by atomic mass is 9.98. The summed E-state index contributed by atoms with van der Waals surface area (Å²) in [5.74, 6) is -0.673. The van der Waals surface area contributed by atoms with E-state index >= 15 is 0 Å². The molecule has 1 aliphatic rings. The van der Waals surface area contributed by atoms with Crippen molar-refractivity contribution in [2.75, 3.05) is 5.32 Å². The van der Waals surface area contributed by atoms with Crippen molar-refractivity contribution in [3.8, 4) is 11.5 Å². The number of alkyl carbamates (subject to hydrolysis) is 1. The first kappa shape index (κ1) is 31.4. The van der Waals surface area contributed by atoms with Gasteiger partial charge in [0, 0.05) is 18.2 Å². The van der Waals surface area contributed by atoms with Gasteiger partial charge in [0.05, 0.1) is 0 Å². The minimum absolute atomic E-state index is 0.0808. The second-order valence-corrected chi connectivity index (χ2v) is 12.3. The highest BCUT2D eigenvalue weighted by atomic mass is 16.6. The fourth-order valence-corrected chi connectivity index (χ4v) is 5.06. The molecule has 1 fully saturated rings. The number of nitrogens with one attached hydrogen (secondary N) is 2. The number of carbonyl (C=O) groups excluding carboxylic acids is 3. The summed E-state index contributed by atoms with van der Waals surface area (Å²) >= 11 is 0. The molecule has 3 amide bonds. The highest BCUT2D eigenvalue weighted by Gasteiger charge is 2.44. The standard InChI is InChI=1S/C34H41N3O6/c1-20-8-7-9-21(2)29(20)36-31(40)30(24-12-17-28(39)22(3)18-24)37(25-13-14-25)32(41)27(35-33(42)43-34(4,5)6)19-23-10-15-26(38)16-11-23/h7-12,15-18,25,27,30,38-39H,13-14,19H2,1-6H3,(H,35,42)(H,36,40). The maximum atomic E-state index is 14.5. The molecule has 1 saturated carbocycles. The van der Waals surface area contributed by atoms with Crippen molar-refractivity contribution in [2.45, 2.75) is 84.5 Å². The van der Waals surface area contributed by atoms with E-state index in [9.17, 15) is 24.6 Å². The highest BCUT2D eigenvalue weighted by molar-refractivity contribution is 6.00. The third-order valence-electron chi connectivity index (χ3n) is 7.35. The Morgan fingerprint density at radius 2 is 1.56 bits per heavy atom. The summed E-state index contributed by atoms with van der Waals surface area (Å²) in [5.41, 5.74) is 3.47. The molecule has 0 radical (unpaired) electrons. The molecule has 9 heteroatoms. The van der Waals surface area contributed by atoms with Gasteiger partial charge in [-0.2, -0.15) is 0 Å². The molecule has 2 atom stereocenters. The smallest absolute Gasteiger partial charge is 0.408 e. The van der Waals surface area contributed by atoms with Gasteiger partial charge in [-0.25, -0.2) is 4.79 Å². The largest absolute Gasteiger partial charge is 0.508 e. The van der Waals surface area contributed by atoms with E-state index in [2.05, 4.69) is 10.6 Å². The molecule has 3 aromatic carbocycles. The molecular formula is C34H41N3O6. The van der Waals surface area contributed by atoms with Crippen molar-refractivity contribution in [2.24, 2.45) is 0 Å². The van der Waals surface area contributed by atoms with Crippen LogP contribution in [0, 0.1) is 20.8 Å². The average Bonchev–Trinajstić information content (AvgIpc) is 3.76. The molecular weight excluding hydrogens is 546 g/mol. The van der Waals surface area contributed by atoms with Crippen LogP contribution in [0.1, 0.15) is 67.5 Å². The average molecular weight is 588 g/mol. The van der Waals surface area contributed by atoms with E-state index in [1.807, 2.05) is 32.0 Å². The Morgan fingerprint density at radius 1 is 0.930 bits per heavy atom. The highest BCUT2D eigenvalue weighted by Crippen LogP contribution is 2.38. The van der Waals surface area contributed by atoms with Gasteiger partial charge in [-0.15, -0.1) is 0 Å². The molecule has 43 heavy (non-hydrogen) atoms. The molecule has 4 N–H and O–H groups in total. The second-order valence-electron chi connectivity index (χ2n) is 12.3. The monoisotopic (exact) mass is 587 g/mol. The van der Waals surface area contributed by atoms with Crippen LogP contribution < -0.4 is 10.6 Å². The Balaban J connectivity index is 1.76. The zero-order valence-corrected chi connectivity index (χ0v) is 25.6. The summed E-state index contributed by atoms with van der Waals surface area (Å²) in [6.45, 7) is 10.8. The van der Waals surface area contributed by atoms with E-state index in [-0.39, 0.29) is 24.0 Å². The zero-order valence-electron chi connectivity index (χ0n) is 25.6. The maximum absolute atomic E-state index is 14.5. The maximum Gasteiger partial charge on any atom is 0.408 e. The molecule has 3 aromatic rings. The van der Waals surface area contributed by atoms with Crippen LogP contribution in [-0.4, -0.2) is 50.7 Å². The Labute approximate surface area is 252 Å². The minimum atomic E-state index is -1.06. The molecule has 1 aliphatic carbocycles. The van der Waals surface area contributed by atoms with E-state index in [0.717, 1.165) is 11.1 Å². The number of carbonyl (C=O) groups is 3. The number of benzene rings is 3. The predicted molar refractivity (Wildman–Crippen MR) is 165 cm³/mol. The third-order valence-corrected chi connectivity index (χ3v) is 7.35. The second kappa shape index (κ2) is 12.8. The van der Waals surface area contributed by atoms with Crippen LogP contribution in [0.2, 0.25) is 0 Å². The van der Waals surface area contributed by atoms with Crippen molar-refractivity contribution in [3.63, 3.8) is 0 Å². The van der Waals surface area contributed by atoms with Crippen molar-refractivity contribution < 1.29 is 29.3 Å². The Bertz CT molecular complexity index is 1470. The fourth-order valence-electron chi connectivity index (χ4n) is 5.06. The lowest BCUT2D eigenvalue weighted by molar-refractivity contribution is -0.141. The van der Waals surface area contributed by atoms with Gasteiger partial charge in [0.15, 0.2) is 0 Å². The first-order valence-electron chi connectivity index (χ1n) is 14.5. The van der Waals surface area contributed by atoms with E-state index in [0.29, 0.717) is 35.2 Å². The van der Waals surface area contributed by atoms with Crippen LogP contribution in [0.15, 0.2) is 60.7 Å². The summed E-state index contributed by atoms with van der Waals surface area (Å²) in [7, 11) is 0. The predicted octanol–water partition coefficient (Wildman–Crippen LogP) is 5.83. The van der Waals surface area contributed by atoms with Gasteiger partial charge >= 0.3 is 6.09 Å². The fraction of sp³-hybridized carbons (Fsp3) is 0.382. The van der Waals surface area contributed by atoms with Gasteiger partial charge < -0.3 is 30.5 Å². The van der Waals surface area contributed by atoms with Crippen molar-refractivity contribution in [1.82, 2.24) is 10.2 Å². The van der Waals surface area contributed by atoms with E-state index in [1.54, 1.807) is 56.9 Å². The van der Waals surface area contributed by atoms with Crippen molar-refractivity contribution >= 4 is 23.6 Å². The summed E-state index contributed by atoms with van der Waals surface area (Å²) in [4.78, 5) is 43.3. The summed E-state index contributed by atoms with van der Waals surface area (Å²) in [6, 6.07) is 14.7. The lowest BCUT2D eigenvalue weighted by Gasteiger charge is -2.35. The van der Waals surface area contributed by atoms with Crippen LogP contribution in [0.25, 0.3) is 0 Å². The quantitative estimate of drug-likeness (QED) is 0.249. The van der Waals surface area contributed by atoms with Gasteiger partial charge in [0.1, 0.15) is 29.2 Å². The van der Waals surface area contributed by atoms with Crippen LogP contribution in [0.3, 0.4) is 0 Å². The number of hydrogen-bond acceptors (Lipinski definition) is 6. The SMILES string of the molecule is Cc1cc(C(C(=O)Nc2c(C)cccc2C)N(C(=O)C(Cc2ccc(O)cc2)NC(=O)OC(C)(C)C)C2CC2)ccc1O. The molecule has 0 heterocycles. The Kier molecular flexibility index (Phi) is 9.33. The van der Waals surface area contributed by atoms with Gasteiger partial charge in [-0.3, -0.25) is 9.59 Å². The molecule has 0 bridgehead atoms. The van der Waals surface area contributed by atoms with Crippen LogP contribution in [0.4, 0.5) is 10.5 Å². The number of rotatable bonds is 9. The summed E-state index contributed by atoms with van der Waals surface area (Å²) in [5, 5.41) is 25.8. The number of phenols is 2. The van der Waals surface area contributed by atoms with Crippen LogP contribution in [-0.2, 0) is 20.7 Å². The summed E-state index contributed by atoms with van der Waals surface area (Å²) in [6.07, 6.45) is 0.766. The number of anilines is 1. The zero-order chi connectivity index (χ0) is 31.5. The lowest BCUT2D eigenvalue weighted by Crippen LogP contribution is -2.54. The molecule has 2 unspecified atom stereocenters. The number of aromatic hydroxyl groups is 2. The van der Waals surface area contributed by atoms with E-state index in [4.69, 9.17) is 4.74 Å². The first-order chi connectivity index (χ1) is 20.2. The van der Waals surface area contributed by atoms with Crippen LogP contribution in [0.5, 0.6) is 11.5 Å². The molecule has 9 nitrogen and oxygen atoms in total. The van der Waals surface area contributed by atoms with E-state index in [1.165, 1.54) is 18.2 Å². The Hall–Kier alpha value is -4.53. The number of phenolic OH excluding ortho intramolecular Hbond substituents is 2. The topological polar surface area (TPSA) is 128 Å². The number of aryl methyl sites for hydroxylation is 3. The van der Waals surface area contributed by atoms with Gasteiger partial charge in [0.25, 0.3) is 5.91 Å². The van der Waals surface area contributed by atoms with Gasteiger partial charge in [0.2, 0.25) is 5.91 Å². The summed E-state index contributed by atoms with van der Waals surface area (Å²) < 4.78 is 5.49. The van der Waals surface area contributed by atoms with Gasteiger partial charge in [-0.05, 0) is 106 Å². The third kappa shape index (κ3) is 8.06. The normalized spacial score (nSPS) is 14.4. The van der Waals surface area contributed by atoms with Crippen molar-refractivity contribution in [1.29, 1.82) is 0 Å². The Morgan fingerprint density at radius 3 is 2.12 bits per heavy atom. The minimum Gasteiger partial charge on any atom is -0.508 e. The molecule has 0 saturated heterocycles. The molecule has 0 aromatic heterocycles.